The Balaban J connectivity index is 1.61. The molecule has 1 saturated heterocycles. The first kappa shape index (κ1) is 18.6. The van der Waals surface area contributed by atoms with Gasteiger partial charge in [0.25, 0.3) is 5.91 Å². The molecule has 0 aliphatic carbocycles. The number of benzene rings is 1. The molecular weight excluding hydrogens is 356 g/mol. The van der Waals surface area contributed by atoms with Crippen molar-refractivity contribution in [2.24, 2.45) is 5.92 Å². The smallest absolute Gasteiger partial charge is 0.251 e. The van der Waals surface area contributed by atoms with Crippen LogP contribution >= 0.6 is 0 Å². The monoisotopic (exact) mass is 378 g/mol. The summed E-state index contributed by atoms with van der Waals surface area (Å²) in [7, 11) is -3.73. The van der Waals surface area contributed by atoms with Crippen molar-refractivity contribution in [3.63, 3.8) is 0 Å². The van der Waals surface area contributed by atoms with E-state index in [1.807, 2.05) is 0 Å². The van der Waals surface area contributed by atoms with Crippen LogP contribution in [-0.4, -0.2) is 44.3 Å². The van der Waals surface area contributed by atoms with Gasteiger partial charge in [-0.3, -0.25) is 9.89 Å². The Hall–Kier alpha value is -2.23. The van der Waals surface area contributed by atoms with Crippen molar-refractivity contribution >= 4 is 15.9 Å². The molecule has 1 atom stereocenters. The fourth-order valence-corrected chi connectivity index (χ4v) is 3.80. The van der Waals surface area contributed by atoms with Crippen LogP contribution in [0, 0.1) is 5.92 Å². The molecule has 1 fully saturated rings. The van der Waals surface area contributed by atoms with Gasteiger partial charge in [-0.15, -0.1) is 0 Å². The zero-order chi connectivity index (χ0) is 18.4. The molecule has 26 heavy (non-hydrogen) atoms. The van der Waals surface area contributed by atoms with Gasteiger partial charge in [0, 0.05) is 24.9 Å². The number of H-pyrrole nitrogens is 1. The van der Waals surface area contributed by atoms with Crippen LogP contribution in [0.25, 0.3) is 0 Å². The number of amides is 1. The molecule has 3 N–H and O–H groups in total. The molecule has 1 aromatic heterocycles. The standard InChI is InChI=1S/C17H22N4O4S/c22-17(18-10-13-3-2-8-25-12-13)14-4-1-5-16(9-14)26(23,24)20-11-15-6-7-19-21-15/h1,4-7,9,13,20H,2-3,8,10-12H2,(H,18,22)(H,19,21)/t13-/m1/s1. The molecule has 1 aliphatic rings. The van der Waals surface area contributed by atoms with Crippen LogP contribution in [-0.2, 0) is 21.3 Å². The average Bonchev–Trinajstić information content (AvgIpc) is 3.19. The summed E-state index contributed by atoms with van der Waals surface area (Å²) in [5, 5.41) is 9.31. The number of carbonyl (C=O) groups is 1. The molecular formula is C17H22N4O4S. The Morgan fingerprint density at radius 1 is 1.35 bits per heavy atom. The lowest BCUT2D eigenvalue weighted by atomic mass is 10.0. The second-order valence-electron chi connectivity index (χ2n) is 6.23. The largest absolute Gasteiger partial charge is 0.381 e. The molecule has 140 valence electrons. The quantitative estimate of drug-likeness (QED) is 0.666. The van der Waals surface area contributed by atoms with Gasteiger partial charge in [-0.2, -0.15) is 5.10 Å². The van der Waals surface area contributed by atoms with Crippen molar-refractivity contribution in [3.05, 3.63) is 47.8 Å². The summed E-state index contributed by atoms with van der Waals surface area (Å²) in [6, 6.07) is 7.68. The van der Waals surface area contributed by atoms with Crippen LogP contribution in [0.15, 0.2) is 41.4 Å². The Morgan fingerprint density at radius 3 is 2.96 bits per heavy atom. The van der Waals surface area contributed by atoms with Gasteiger partial charge >= 0.3 is 0 Å². The summed E-state index contributed by atoms with van der Waals surface area (Å²) in [4.78, 5) is 12.4. The van der Waals surface area contributed by atoms with E-state index in [1.165, 1.54) is 12.1 Å². The van der Waals surface area contributed by atoms with Gasteiger partial charge in [0.15, 0.2) is 0 Å². The summed E-state index contributed by atoms with van der Waals surface area (Å²) in [5.41, 5.74) is 0.961. The van der Waals surface area contributed by atoms with E-state index < -0.39 is 10.0 Å². The molecule has 2 heterocycles. The normalized spacial score (nSPS) is 17.8. The molecule has 1 amide bonds. The Kier molecular flexibility index (Phi) is 6.02. The van der Waals surface area contributed by atoms with E-state index in [0.717, 1.165) is 19.4 Å². The van der Waals surface area contributed by atoms with Crippen molar-refractivity contribution in [2.75, 3.05) is 19.8 Å². The number of carbonyl (C=O) groups excluding carboxylic acids is 1. The molecule has 0 saturated carbocycles. The fourth-order valence-electron chi connectivity index (χ4n) is 2.75. The van der Waals surface area contributed by atoms with Gasteiger partial charge in [-0.25, -0.2) is 13.1 Å². The summed E-state index contributed by atoms with van der Waals surface area (Å²) in [5.74, 6) is 0.0110. The van der Waals surface area contributed by atoms with Gasteiger partial charge < -0.3 is 10.1 Å². The number of sulfonamides is 1. The highest BCUT2D eigenvalue weighted by atomic mass is 32.2. The van der Waals surface area contributed by atoms with E-state index in [-0.39, 0.29) is 17.3 Å². The lowest BCUT2D eigenvalue weighted by molar-refractivity contribution is 0.0536. The van der Waals surface area contributed by atoms with Crippen LogP contribution < -0.4 is 10.0 Å². The first-order valence-electron chi connectivity index (χ1n) is 8.48. The maximum atomic E-state index is 12.4. The zero-order valence-corrected chi connectivity index (χ0v) is 15.1. The molecule has 8 nitrogen and oxygen atoms in total. The van der Waals surface area contributed by atoms with Gasteiger partial charge in [0.1, 0.15) is 0 Å². The van der Waals surface area contributed by atoms with Crippen molar-refractivity contribution in [1.82, 2.24) is 20.2 Å². The summed E-state index contributed by atoms with van der Waals surface area (Å²) in [6.07, 6.45) is 3.56. The minimum Gasteiger partial charge on any atom is -0.381 e. The molecule has 0 unspecified atom stereocenters. The predicted octanol–water partition coefficient (Wildman–Crippen LogP) is 1.04. The van der Waals surface area contributed by atoms with E-state index >= 15 is 0 Å². The third-order valence-electron chi connectivity index (χ3n) is 4.22. The van der Waals surface area contributed by atoms with Crippen LogP contribution in [0.1, 0.15) is 28.9 Å². The van der Waals surface area contributed by atoms with Gasteiger partial charge in [-0.1, -0.05) is 6.07 Å². The van der Waals surface area contributed by atoms with Crippen LogP contribution in [0.4, 0.5) is 0 Å². The number of nitrogens with one attached hydrogen (secondary N) is 3. The van der Waals surface area contributed by atoms with Crippen molar-refractivity contribution in [3.8, 4) is 0 Å². The lowest BCUT2D eigenvalue weighted by Gasteiger charge is -2.22. The molecule has 9 heteroatoms. The van der Waals surface area contributed by atoms with Crippen molar-refractivity contribution in [2.45, 2.75) is 24.3 Å². The van der Waals surface area contributed by atoms with Crippen molar-refractivity contribution in [1.29, 1.82) is 0 Å². The molecule has 0 bridgehead atoms. The second kappa shape index (κ2) is 8.43. The second-order valence-corrected chi connectivity index (χ2v) is 7.99. The maximum absolute atomic E-state index is 12.4. The molecule has 0 spiro atoms. The Labute approximate surface area is 152 Å². The van der Waals surface area contributed by atoms with E-state index in [9.17, 15) is 13.2 Å². The van der Waals surface area contributed by atoms with Gasteiger partial charge in [-0.05, 0) is 43.0 Å². The Morgan fingerprint density at radius 2 is 2.23 bits per heavy atom. The number of rotatable bonds is 7. The number of aromatic nitrogens is 2. The Bertz CT molecular complexity index is 830. The van der Waals surface area contributed by atoms with E-state index in [0.29, 0.717) is 30.3 Å². The van der Waals surface area contributed by atoms with E-state index in [1.54, 1.807) is 24.4 Å². The van der Waals surface area contributed by atoms with Gasteiger partial charge in [0.05, 0.1) is 23.7 Å². The molecule has 0 radical (unpaired) electrons. The molecule has 1 aromatic carbocycles. The molecule has 1 aliphatic heterocycles. The van der Waals surface area contributed by atoms with Crippen molar-refractivity contribution < 1.29 is 17.9 Å². The summed E-state index contributed by atoms with van der Waals surface area (Å²) < 4.78 is 32.7. The number of hydrogen-bond donors (Lipinski definition) is 3. The topological polar surface area (TPSA) is 113 Å². The van der Waals surface area contributed by atoms with Crippen LogP contribution in [0.2, 0.25) is 0 Å². The number of hydrogen-bond acceptors (Lipinski definition) is 5. The summed E-state index contributed by atoms with van der Waals surface area (Å²) in [6.45, 7) is 2.04. The fraction of sp³-hybridized carbons (Fsp3) is 0.412. The first-order valence-corrected chi connectivity index (χ1v) is 9.97. The molecule has 3 rings (SSSR count). The highest BCUT2D eigenvalue weighted by molar-refractivity contribution is 7.89. The minimum atomic E-state index is -3.73. The maximum Gasteiger partial charge on any atom is 0.251 e. The third-order valence-corrected chi connectivity index (χ3v) is 5.62. The van der Waals surface area contributed by atoms with Gasteiger partial charge in [0.2, 0.25) is 10.0 Å². The molecule has 2 aromatic rings. The minimum absolute atomic E-state index is 0.0469. The SMILES string of the molecule is O=C(NC[C@H]1CCCOC1)c1cccc(S(=O)(=O)NCc2ccn[nH]2)c1. The number of ether oxygens (including phenoxy) is 1. The number of aromatic amines is 1. The average molecular weight is 378 g/mol. The third kappa shape index (κ3) is 4.90. The van der Waals surface area contributed by atoms with E-state index in [2.05, 4.69) is 20.2 Å². The number of nitrogens with zero attached hydrogens (tertiary/aromatic N) is 1. The zero-order valence-electron chi connectivity index (χ0n) is 14.3. The lowest BCUT2D eigenvalue weighted by Crippen LogP contribution is -2.33. The highest BCUT2D eigenvalue weighted by Gasteiger charge is 2.18. The van der Waals surface area contributed by atoms with Crippen LogP contribution in [0.5, 0.6) is 0 Å². The predicted molar refractivity (Wildman–Crippen MR) is 94.9 cm³/mol. The van der Waals surface area contributed by atoms with Crippen LogP contribution in [0.3, 0.4) is 0 Å². The summed E-state index contributed by atoms with van der Waals surface area (Å²) >= 11 is 0. The highest BCUT2D eigenvalue weighted by Crippen LogP contribution is 2.14. The van der Waals surface area contributed by atoms with E-state index in [4.69, 9.17) is 4.74 Å². The first-order chi connectivity index (χ1) is 12.5.